The van der Waals surface area contributed by atoms with E-state index in [0.29, 0.717) is 5.69 Å². The van der Waals surface area contributed by atoms with E-state index in [0.717, 1.165) is 10.0 Å². The first-order valence-corrected chi connectivity index (χ1v) is 7.13. The van der Waals surface area contributed by atoms with E-state index in [1.54, 1.807) is 26.0 Å². The fourth-order valence-electron chi connectivity index (χ4n) is 1.43. The zero-order chi connectivity index (χ0) is 15.3. The Morgan fingerprint density at radius 3 is 2.50 bits per heavy atom. The predicted octanol–water partition coefficient (Wildman–Crippen LogP) is 1.83. The summed E-state index contributed by atoms with van der Waals surface area (Å²) in [7, 11) is 0. The van der Waals surface area contributed by atoms with Crippen molar-refractivity contribution in [1.29, 1.82) is 0 Å². The molecule has 20 heavy (non-hydrogen) atoms. The summed E-state index contributed by atoms with van der Waals surface area (Å²) in [5.41, 5.74) is 1.59. The second-order valence-electron chi connectivity index (χ2n) is 4.84. The highest BCUT2D eigenvalue weighted by atomic mass is 79.9. The summed E-state index contributed by atoms with van der Waals surface area (Å²) in [6.45, 7) is 5.42. The lowest BCUT2D eigenvalue weighted by Gasteiger charge is -2.18. The number of halogens is 1. The maximum atomic E-state index is 11.8. The van der Waals surface area contributed by atoms with E-state index in [1.165, 1.54) is 0 Å². The molecule has 2 unspecified atom stereocenters. The molecular weight excluding hydrogens is 324 g/mol. The minimum atomic E-state index is -0.724. The average molecular weight is 343 g/mol. The van der Waals surface area contributed by atoms with Gasteiger partial charge in [-0.1, -0.05) is 28.9 Å². The number of carbonyl (C=O) groups is 2. The van der Waals surface area contributed by atoms with Gasteiger partial charge in [0.15, 0.2) is 0 Å². The van der Waals surface area contributed by atoms with E-state index in [1.807, 2.05) is 13.0 Å². The predicted molar refractivity (Wildman–Crippen MR) is 81.4 cm³/mol. The van der Waals surface area contributed by atoms with Crippen molar-refractivity contribution in [3.63, 3.8) is 0 Å². The first-order chi connectivity index (χ1) is 9.35. The van der Waals surface area contributed by atoms with Crippen LogP contribution < -0.4 is 10.6 Å². The summed E-state index contributed by atoms with van der Waals surface area (Å²) in [6.07, 6.45) is 0. The zero-order valence-corrected chi connectivity index (χ0v) is 13.3. The van der Waals surface area contributed by atoms with Crippen LogP contribution in [0.3, 0.4) is 0 Å². The smallest absolute Gasteiger partial charge is 0.313 e. The molecule has 1 aromatic rings. The van der Waals surface area contributed by atoms with Gasteiger partial charge in [-0.15, -0.1) is 0 Å². The van der Waals surface area contributed by atoms with Gasteiger partial charge in [0.2, 0.25) is 0 Å². The normalized spacial score (nSPS) is 13.4. The highest BCUT2D eigenvalue weighted by molar-refractivity contribution is 9.10. The Balaban J connectivity index is 2.62. The van der Waals surface area contributed by atoms with Gasteiger partial charge in [0.05, 0.1) is 0 Å². The molecule has 6 heteroatoms. The molecule has 2 atom stereocenters. The van der Waals surface area contributed by atoms with Crippen molar-refractivity contribution in [3.8, 4) is 0 Å². The van der Waals surface area contributed by atoms with Gasteiger partial charge < -0.3 is 15.7 Å². The van der Waals surface area contributed by atoms with Crippen LogP contribution in [0.4, 0.5) is 5.69 Å². The van der Waals surface area contributed by atoms with Crippen molar-refractivity contribution in [2.45, 2.75) is 26.8 Å². The third-order valence-electron chi connectivity index (χ3n) is 3.14. The van der Waals surface area contributed by atoms with Crippen LogP contribution in [-0.2, 0) is 9.59 Å². The highest BCUT2D eigenvalue weighted by Gasteiger charge is 2.19. The molecule has 110 valence electrons. The van der Waals surface area contributed by atoms with E-state index in [4.69, 9.17) is 5.11 Å². The molecule has 0 aliphatic heterocycles. The van der Waals surface area contributed by atoms with E-state index in [-0.39, 0.29) is 18.6 Å². The number of hydrogen-bond acceptors (Lipinski definition) is 3. The molecule has 1 aromatic carbocycles. The SMILES string of the molecule is Cc1ccc(NC(=O)C(=O)NC(C)C(C)CO)cc1Br. The quantitative estimate of drug-likeness (QED) is 0.730. The molecule has 0 aliphatic rings. The number of nitrogens with one attached hydrogen (secondary N) is 2. The molecule has 5 nitrogen and oxygen atoms in total. The second-order valence-corrected chi connectivity index (χ2v) is 5.69. The molecule has 1 rings (SSSR count). The molecule has 0 saturated carbocycles. The molecule has 3 N–H and O–H groups in total. The van der Waals surface area contributed by atoms with Crippen LogP contribution in [0.2, 0.25) is 0 Å². The molecule has 0 spiro atoms. The van der Waals surface area contributed by atoms with E-state index >= 15 is 0 Å². The average Bonchev–Trinajstić information content (AvgIpc) is 2.41. The van der Waals surface area contributed by atoms with Crippen molar-refractivity contribution in [2.75, 3.05) is 11.9 Å². The monoisotopic (exact) mass is 342 g/mol. The lowest BCUT2D eigenvalue weighted by atomic mass is 10.1. The minimum absolute atomic E-state index is 0.0476. The summed E-state index contributed by atoms with van der Waals surface area (Å²) >= 11 is 3.36. The summed E-state index contributed by atoms with van der Waals surface area (Å²) < 4.78 is 0.859. The second kappa shape index (κ2) is 7.40. The van der Waals surface area contributed by atoms with Crippen molar-refractivity contribution in [1.82, 2.24) is 5.32 Å². The number of aliphatic hydroxyl groups excluding tert-OH is 1. The van der Waals surface area contributed by atoms with Crippen LogP contribution in [0.15, 0.2) is 22.7 Å². The Bertz CT molecular complexity index is 505. The zero-order valence-electron chi connectivity index (χ0n) is 11.7. The van der Waals surface area contributed by atoms with Crippen molar-refractivity contribution >= 4 is 33.4 Å². The first-order valence-electron chi connectivity index (χ1n) is 6.34. The van der Waals surface area contributed by atoms with Crippen LogP contribution in [0, 0.1) is 12.8 Å². The van der Waals surface area contributed by atoms with Gasteiger partial charge in [-0.2, -0.15) is 0 Å². The van der Waals surface area contributed by atoms with Crippen LogP contribution in [0.25, 0.3) is 0 Å². The number of aliphatic hydroxyl groups is 1. The standard InChI is InChI=1S/C14H19BrN2O3/c1-8-4-5-11(6-12(8)15)17-14(20)13(19)16-10(3)9(2)7-18/h4-6,9-10,18H,7H2,1-3H3,(H,16,19)(H,17,20). The first kappa shape index (κ1) is 16.7. The summed E-state index contributed by atoms with van der Waals surface area (Å²) in [5.74, 6) is -1.55. The maximum Gasteiger partial charge on any atom is 0.313 e. The number of amides is 2. The summed E-state index contributed by atoms with van der Waals surface area (Å²) in [5, 5.41) is 14.1. The minimum Gasteiger partial charge on any atom is -0.396 e. The van der Waals surface area contributed by atoms with Crippen molar-refractivity contribution in [3.05, 3.63) is 28.2 Å². The Morgan fingerprint density at radius 2 is 1.95 bits per heavy atom. The fourth-order valence-corrected chi connectivity index (χ4v) is 1.81. The van der Waals surface area contributed by atoms with Gasteiger partial charge in [0, 0.05) is 22.8 Å². The van der Waals surface area contributed by atoms with Gasteiger partial charge in [0.1, 0.15) is 0 Å². The lowest BCUT2D eigenvalue weighted by molar-refractivity contribution is -0.136. The fraction of sp³-hybridized carbons (Fsp3) is 0.429. The van der Waals surface area contributed by atoms with Crippen LogP contribution in [0.1, 0.15) is 19.4 Å². The number of benzene rings is 1. The number of carbonyl (C=O) groups excluding carboxylic acids is 2. The van der Waals surface area contributed by atoms with E-state index in [2.05, 4.69) is 26.6 Å². The lowest BCUT2D eigenvalue weighted by Crippen LogP contribution is -2.43. The maximum absolute atomic E-state index is 11.8. The number of hydrogen-bond donors (Lipinski definition) is 3. The molecule has 0 aromatic heterocycles. The largest absolute Gasteiger partial charge is 0.396 e. The highest BCUT2D eigenvalue weighted by Crippen LogP contribution is 2.20. The van der Waals surface area contributed by atoms with Gasteiger partial charge in [-0.3, -0.25) is 9.59 Å². The molecule has 0 heterocycles. The Labute approximate surface area is 126 Å². The summed E-state index contributed by atoms with van der Waals surface area (Å²) in [6, 6.07) is 5.03. The molecule has 0 saturated heterocycles. The van der Waals surface area contributed by atoms with Crippen molar-refractivity contribution in [2.24, 2.45) is 5.92 Å². The molecule has 0 bridgehead atoms. The number of rotatable bonds is 4. The van der Waals surface area contributed by atoms with Gasteiger partial charge in [0.25, 0.3) is 0 Å². The Morgan fingerprint density at radius 1 is 1.30 bits per heavy atom. The molecule has 2 amide bonds. The third-order valence-corrected chi connectivity index (χ3v) is 3.99. The Kier molecular flexibility index (Phi) is 6.16. The third kappa shape index (κ3) is 4.61. The molecule has 0 aliphatic carbocycles. The van der Waals surface area contributed by atoms with E-state index < -0.39 is 11.8 Å². The van der Waals surface area contributed by atoms with Gasteiger partial charge in [-0.25, -0.2) is 0 Å². The molecular formula is C14H19BrN2O3. The topological polar surface area (TPSA) is 78.4 Å². The van der Waals surface area contributed by atoms with Crippen LogP contribution >= 0.6 is 15.9 Å². The van der Waals surface area contributed by atoms with Crippen molar-refractivity contribution < 1.29 is 14.7 Å². The van der Waals surface area contributed by atoms with E-state index in [9.17, 15) is 9.59 Å². The molecule has 0 fully saturated rings. The van der Waals surface area contributed by atoms with Crippen LogP contribution in [-0.4, -0.2) is 29.6 Å². The van der Waals surface area contributed by atoms with Crippen LogP contribution in [0.5, 0.6) is 0 Å². The van der Waals surface area contributed by atoms with Gasteiger partial charge in [-0.05, 0) is 37.5 Å². The molecule has 0 radical (unpaired) electrons. The summed E-state index contributed by atoms with van der Waals surface area (Å²) in [4.78, 5) is 23.5. The number of anilines is 1. The van der Waals surface area contributed by atoms with Gasteiger partial charge >= 0.3 is 11.8 Å². The Hall–Kier alpha value is -1.40. The number of aryl methyl sites for hydroxylation is 1.